The number of alkyl halides is 3. The third-order valence-electron chi connectivity index (χ3n) is 5.59. The van der Waals surface area contributed by atoms with Gasteiger partial charge in [-0.25, -0.2) is 13.4 Å². The average molecular weight is 505 g/mol. The monoisotopic (exact) mass is 504 g/mol. The minimum Gasteiger partial charge on any atom is -0.481 e. The molecule has 1 aliphatic rings. The fourth-order valence-electron chi connectivity index (χ4n) is 4.08. The van der Waals surface area contributed by atoms with Gasteiger partial charge in [0.1, 0.15) is 0 Å². The maximum absolute atomic E-state index is 13.7. The summed E-state index contributed by atoms with van der Waals surface area (Å²) in [6.45, 7) is 0. The molecule has 1 aromatic heterocycles. The summed E-state index contributed by atoms with van der Waals surface area (Å²) in [4.78, 5) is 27.2. The predicted octanol–water partition coefficient (Wildman–Crippen LogP) is 4.50. The van der Waals surface area contributed by atoms with Crippen molar-refractivity contribution in [3.8, 4) is 0 Å². The van der Waals surface area contributed by atoms with Crippen molar-refractivity contribution in [1.82, 2.24) is 4.98 Å². The number of carboxylic acids is 1. The van der Waals surface area contributed by atoms with Crippen LogP contribution in [-0.4, -0.2) is 36.6 Å². The Labute approximate surface area is 193 Å². The Balaban J connectivity index is 1.95. The molecule has 1 atom stereocenters. The number of benzene rings is 1. The Morgan fingerprint density at radius 3 is 2.52 bits per heavy atom. The molecule has 1 unspecified atom stereocenters. The molecule has 1 aliphatic carbocycles. The first-order valence-corrected chi connectivity index (χ1v) is 13.0. The number of nitrogens with zero attached hydrogens (tertiary/aromatic N) is 1. The summed E-state index contributed by atoms with van der Waals surface area (Å²) in [5, 5.41) is 13.1. The van der Waals surface area contributed by atoms with Gasteiger partial charge in [-0.3, -0.25) is 9.59 Å². The van der Waals surface area contributed by atoms with E-state index in [1.54, 1.807) is 0 Å². The number of hydrogen-bond acceptors (Lipinski definition) is 6. The van der Waals surface area contributed by atoms with E-state index in [1.807, 2.05) is 0 Å². The lowest BCUT2D eigenvalue weighted by molar-refractivity contribution is -0.140. The Bertz CT molecular complexity index is 1140. The standard InChI is InChI=1S/C21H23F3N2O5S2/c1-33(30,31)17-7-6-13(9-16(17)21(22,23)24)15(8-12-4-2-3-5-12)19(29)26-20-25-14(11-32-20)10-18(27)28/h6-7,9,11-12,15H,2-5,8,10H2,1H3,(H,27,28)(H,25,26,29). The molecule has 2 aromatic rings. The van der Waals surface area contributed by atoms with Gasteiger partial charge in [-0.2, -0.15) is 13.2 Å². The first-order chi connectivity index (χ1) is 15.3. The van der Waals surface area contributed by atoms with Gasteiger partial charge in [0.2, 0.25) is 5.91 Å². The number of carbonyl (C=O) groups is 2. The van der Waals surface area contributed by atoms with Crippen LogP contribution in [0.2, 0.25) is 0 Å². The second-order valence-corrected chi connectivity index (χ2v) is 11.0. The van der Waals surface area contributed by atoms with Crippen molar-refractivity contribution >= 4 is 38.2 Å². The Morgan fingerprint density at radius 2 is 1.94 bits per heavy atom. The number of carbonyl (C=O) groups excluding carboxylic acids is 1. The van der Waals surface area contributed by atoms with Crippen LogP contribution in [-0.2, 0) is 32.0 Å². The van der Waals surface area contributed by atoms with Gasteiger partial charge in [0.25, 0.3) is 0 Å². The summed E-state index contributed by atoms with van der Waals surface area (Å²) >= 11 is 1.02. The highest BCUT2D eigenvalue weighted by Crippen LogP contribution is 2.39. The number of sulfone groups is 1. The zero-order valence-electron chi connectivity index (χ0n) is 17.7. The Morgan fingerprint density at radius 1 is 1.27 bits per heavy atom. The molecule has 7 nitrogen and oxygen atoms in total. The van der Waals surface area contributed by atoms with Crippen molar-refractivity contribution in [2.45, 2.75) is 55.5 Å². The molecule has 0 spiro atoms. The first-order valence-electron chi connectivity index (χ1n) is 10.2. The van der Waals surface area contributed by atoms with E-state index in [2.05, 4.69) is 10.3 Å². The summed E-state index contributed by atoms with van der Waals surface area (Å²) < 4.78 is 64.8. The number of carboxylic acid groups (broad SMARTS) is 1. The molecule has 0 aliphatic heterocycles. The zero-order chi connectivity index (χ0) is 24.4. The summed E-state index contributed by atoms with van der Waals surface area (Å²) in [6, 6.07) is 2.90. The molecule has 1 heterocycles. The molecule has 0 radical (unpaired) electrons. The molecule has 3 rings (SSSR count). The third-order valence-corrected chi connectivity index (χ3v) is 7.55. The maximum Gasteiger partial charge on any atom is 0.417 e. The van der Waals surface area contributed by atoms with Crippen LogP contribution in [0.3, 0.4) is 0 Å². The lowest BCUT2D eigenvalue weighted by Gasteiger charge is -2.22. The molecule has 1 saturated carbocycles. The van der Waals surface area contributed by atoms with Crippen LogP contribution < -0.4 is 5.32 Å². The van der Waals surface area contributed by atoms with Gasteiger partial charge in [0.05, 0.1) is 28.5 Å². The molecule has 2 N–H and O–H groups in total. The molecule has 180 valence electrons. The Hall–Kier alpha value is -2.47. The average Bonchev–Trinajstić information content (AvgIpc) is 3.35. The van der Waals surface area contributed by atoms with E-state index < -0.39 is 44.3 Å². The fraction of sp³-hybridized carbons (Fsp3) is 0.476. The maximum atomic E-state index is 13.7. The van der Waals surface area contributed by atoms with Gasteiger partial charge >= 0.3 is 12.1 Å². The number of amides is 1. The van der Waals surface area contributed by atoms with Crippen molar-refractivity contribution in [3.63, 3.8) is 0 Å². The molecule has 0 bridgehead atoms. The lowest BCUT2D eigenvalue weighted by Crippen LogP contribution is -2.24. The normalized spacial score (nSPS) is 16.0. The topological polar surface area (TPSA) is 113 Å². The van der Waals surface area contributed by atoms with Crippen molar-refractivity contribution in [3.05, 3.63) is 40.4 Å². The second-order valence-electron chi connectivity index (χ2n) is 8.17. The highest BCUT2D eigenvalue weighted by atomic mass is 32.2. The molecule has 0 saturated heterocycles. The van der Waals surface area contributed by atoms with Crippen molar-refractivity contribution in [2.75, 3.05) is 11.6 Å². The summed E-state index contributed by atoms with van der Waals surface area (Å²) in [6.07, 6.45) is -0.542. The number of halogens is 3. The third kappa shape index (κ3) is 6.53. The van der Waals surface area contributed by atoms with Gasteiger partial charge in [0.15, 0.2) is 15.0 Å². The van der Waals surface area contributed by atoms with Crippen LogP contribution >= 0.6 is 11.3 Å². The number of aliphatic carboxylic acids is 1. The van der Waals surface area contributed by atoms with E-state index in [0.717, 1.165) is 49.2 Å². The molecule has 12 heteroatoms. The minimum absolute atomic E-state index is 0.0708. The van der Waals surface area contributed by atoms with Crippen LogP contribution in [0.15, 0.2) is 28.5 Å². The number of rotatable bonds is 8. The van der Waals surface area contributed by atoms with Gasteiger partial charge in [-0.1, -0.05) is 31.7 Å². The molecular weight excluding hydrogens is 481 g/mol. The van der Waals surface area contributed by atoms with Gasteiger partial charge in [0, 0.05) is 11.6 Å². The van der Waals surface area contributed by atoms with E-state index in [0.29, 0.717) is 12.7 Å². The van der Waals surface area contributed by atoms with Crippen LogP contribution in [0, 0.1) is 5.92 Å². The van der Waals surface area contributed by atoms with Crippen LogP contribution in [0.4, 0.5) is 18.3 Å². The van der Waals surface area contributed by atoms with E-state index in [9.17, 15) is 31.2 Å². The largest absolute Gasteiger partial charge is 0.481 e. The first kappa shape index (κ1) is 25.2. The number of aromatic nitrogens is 1. The zero-order valence-corrected chi connectivity index (χ0v) is 19.3. The molecule has 1 amide bonds. The van der Waals surface area contributed by atoms with Crippen molar-refractivity contribution < 1.29 is 36.3 Å². The summed E-state index contributed by atoms with van der Waals surface area (Å²) in [7, 11) is -4.13. The quantitative estimate of drug-likeness (QED) is 0.548. The van der Waals surface area contributed by atoms with Gasteiger partial charge < -0.3 is 10.4 Å². The van der Waals surface area contributed by atoms with Crippen molar-refractivity contribution in [2.24, 2.45) is 5.92 Å². The summed E-state index contributed by atoms with van der Waals surface area (Å²) in [5.41, 5.74) is -0.974. The Kier molecular flexibility index (Phi) is 7.47. The van der Waals surface area contributed by atoms with Gasteiger partial charge in [-0.05, 0) is 30.0 Å². The number of thiazole rings is 1. The smallest absolute Gasteiger partial charge is 0.417 e. The summed E-state index contributed by atoms with van der Waals surface area (Å²) in [5.74, 6) is -2.44. The fourth-order valence-corrected chi connectivity index (χ4v) is 5.68. The number of hydrogen-bond donors (Lipinski definition) is 2. The highest BCUT2D eigenvalue weighted by molar-refractivity contribution is 7.90. The van der Waals surface area contributed by atoms with E-state index in [1.165, 1.54) is 11.4 Å². The van der Waals surface area contributed by atoms with E-state index >= 15 is 0 Å². The predicted molar refractivity (Wildman–Crippen MR) is 116 cm³/mol. The van der Waals surface area contributed by atoms with Crippen molar-refractivity contribution in [1.29, 1.82) is 0 Å². The lowest BCUT2D eigenvalue weighted by atomic mass is 9.86. The SMILES string of the molecule is CS(=O)(=O)c1ccc(C(CC2CCCC2)C(=O)Nc2nc(CC(=O)O)cs2)cc1C(F)(F)F. The van der Waals surface area contributed by atoms with Gasteiger partial charge in [-0.15, -0.1) is 11.3 Å². The highest BCUT2D eigenvalue weighted by Gasteiger charge is 2.38. The molecular formula is C21H23F3N2O5S2. The van der Waals surface area contributed by atoms with E-state index in [4.69, 9.17) is 5.11 Å². The number of nitrogens with one attached hydrogen (secondary N) is 1. The van der Waals surface area contributed by atoms with Crippen LogP contribution in [0.25, 0.3) is 0 Å². The van der Waals surface area contributed by atoms with Crippen LogP contribution in [0.5, 0.6) is 0 Å². The van der Waals surface area contributed by atoms with Crippen LogP contribution in [0.1, 0.15) is 54.8 Å². The van der Waals surface area contributed by atoms with E-state index in [-0.39, 0.29) is 28.7 Å². The molecule has 1 fully saturated rings. The molecule has 1 aromatic carbocycles. The number of anilines is 1. The molecule has 33 heavy (non-hydrogen) atoms. The second kappa shape index (κ2) is 9.80. The minimum atomic E-state index is -4.91.